The van der Waals surface area contributed by atoms with E-state index in [4.69, 9.17) is 13.6 Å². The number of carbonyl (C=O) groups is 1. The summed E-state index contributed by atoms with van der Waals surface area (Å²) in [7, 11) is -4.39. The van der Waals surface area contributed by atoms with Gasteiger partial charge in [0.05, 0.1) is 31.5 Å². The molecule has 3 atom stereocenters. The fourth-order valence-electron chi connectivity index (χ4n) is 2.27. The second-order valence-electron chi connectivity index (χ2n) is 12.4. The molecule has 1 unspecified atom stereocenters. The lowest BCUT2D eigenvalue weighted by molar-refractivity contribution is -0.0142. The van der Waals surface area contributed by atoms with Crippen LogP contribution in [0.5, 0.6) is 0 Å². The first-order chi connectivity index (χ1) is 13.5. The molecule has 0 aliphatic rings. The first-order valence-corrected chi connectivity index (χ1v) is 17.0. The normalized spacial score (nSPS) is 17.1. The lowest BCUT2D eigenvalue weighted by atomic mass is 10.1. The van der Waals surface area contributed by atoms with Gasteiger partial charge in [-0.05, 0) is 57.0 Å². The number of rotatable bonds is 9. The molecule has 31 heavy (non-hydrogen) atoms. The van der Waals surface area contributed by atoms with Gasteiger partial charge in [-0.25, -0.2) is 4.79 Å². The topological polar surface area (TPSA) is 97.3 Å². The molecule has 7 nitrogen and oxygen atoms in total. The average molecular weight is 480 g/mol. The van der Waals surface area contributed by atoms with Crippen LogP contribution in [0.2, 0.25) is 36.3 Å². The highest BCUT2D eigenvalue weighted by Gasteiger charge is 2.44. The summed E-state index contributed by atoms with van der Waals surface area (Å²) in [6, 6.07) is -0.876. The molecule has 0 radical (unpaired) electrons. The summed E-state index contributed by atoms with van der Waals surface area (Å²) < 4.78 is 18.4. The number of alkyl carbamates (subject to hydrolysis) is 1. The molecule has 3 N–H and O–H groups in total. The predicted molar refractivity (Wildman–Crippen MR) is 131 cm³/mol. The van der Waals surface area contributed by atoms with E-state index in [0.29, 0.717) is 0 Å². The zero-order valence-corrected chi connectivity index (χ0v) is 24.2. The fourth-order valence-corrected chi connectivity index (χ4v) is 4.61. The summed E-state index contributed by atoms with van der Waals surface area (Å²) in [5, 5.41) is 22.9. The van der Waals surface area contributed by atoms with Gasteiger partial charge in [0, 0.05) is 0 Å². The van der Waals surface area contributed by atoms with E-state index < -0.39 is 53.2 Å². The van der Waals surface area contributed by atoms with Crippen LogP contribution in [0.4, 0.5) is 4.79 Å². The molecule has 0 saturated carbocycles. The van der Waals surface area contributed by atoms with Gasteiger partial charge in [-0.2, -0.15) is 0 Å². The summed E-state index contributed by atoms with van der Waals surface area (Å²) in [5.41, 5.74) is -0.688. The van der Waals surface area contributed by atoms with E-state index in [2.05, 4.69) is 73.0 Å². The highest BCUT2D eigenvalue weighted by Crippen LogP contribution is 2.39. The van der Waals surface area contributed by atoms with Crippen LogP contribution in [0.1, 0.15) is 62.3 Å². The van der Waals surface area contributed by atoms with Gasteiger partial charge in [0.1, 0.15) is 5.60 Å². The van der Waals surface area contributed by atoms with E-state index in [-0.39, 0.29) is 16.7 Å². The van der Waals surface area contributed by atoms with E-state index in [9.17, 15) is 15.0 Å². The van der Waals surface area contributed by atoms with Gasteiger partial charge in [-0.1, -0.05) is 41.5 Å². The number of hydrogen-bond donors (Lipinski definition) is 3. The van der Waals surface area contributed by atoms with Crippen molar-refractivity contribution in [2.24, 2.45) is 0 Å². The Morgan fingerprint density at radius 2 is 1.35 bits per heavy atom. The summed E-state index contributed by atoms with van der Waals surface area (Å²) in [6.45, 7) is 26.4. The second kappa shape index (κ2) is 10.6. The number of hydrogen-bond acceptors (Lipinski definition) is 6. The molecule has 0 bridgehead atoms. The van der Waals surface area contributed by atoms with Crippen LogP contribution in [0, 0.1) is 0 Å². The molecule has 0 aromatic carbocycles. The minimum absolute atomic E-state index is 0.00178. The van der Waals surface area contributed by atoms with E-state index in [1.807, 2.05) is 0 Å². The lowest BCUT2D eigenvalue weighted by Gasteiger charge is -2.44. The number of ether oxygens (including phenoxy) is 1. The van der Waals surface area contributed by atoms with E-state index in [0.717, 1.165) is 0 Å². The second-order valence-corrected chi connectivity index (χ2v) is 22.0. The number of aliphatic hydroxyl groups is 2. The van der Waals surface area contributed by atoms with Gasteiger partial charge >= 0.3 is 6.09 Å². The molecule has 186 valence electrons. The Hall–Kier alpha value is -0.456. The number of carbonyl (C=O) groups excluding carboxylic acids is 1. The number of nitrogens with one attached hydrogen (secondary N) is 1. The molecule has 0 heterocycles. The van der Waals surface area contributed by atoms with Crippen molar-refractivity contribution in [2.45, 2.75) is 122 Å². The summed E-state index contributed by atoms with van der Waals surface area (Å²) in [5.74, 6) is 0. The zero-order chi connectivity index (χ0) is 25.1. The Morgan fingerprint density at radius 3 is 1.71 bits per heavy atom. The highest BCUT2D eigenvalue weighted by molar-refractivity contribution is 6.74. The van der Waals surface area contributed by atoms with Gasteiger partial charge in [0.2, 0.25) is 0 Å². The third kappa shape index (κ3) is 9.92. The summed E-state index contributed by atoms with van der Waals surface area (Å²) in [4.78, 5) is 12.5. The molecule has 1 amide bonds. The van der Waals surface area contributed by atoms with Crippen molar-refractivity contribution in [3.8, 4) is 0 Å². The van der Waals surface area contributed by atoms with Crippen LogP contribution in [-0.2, 0) is 13.6 Å². The molecule has 9 heteroatoms. The fraction of sp³-hybridized carbons (Fsp3) is 0.955. The quantitative estimate of drug-likeness (QED) is 0.417. The van der Waals surface area contributed by atoms with Crippen molar-refractivity contribution in [1.29, 1.82) is 0 Å². The van der Waals surface area contributed by atoms with Crippen molar-refractivity contribution >= 4 is 22.7 Å². The molecule has 0 aromatic heterocycles. The van der Waals surface area contributed by atoms with Gasteiger partial charge in [-0.15, -0.1) is 0 Å². The maximum atomic E-state index is 12.5. The maximum Gasteiger partial charge on any atom is 0.408 e. The molecule has 0 aliphatic heterocycles. The average Bonchev–Trinajstić information content (AvgIpc) is 2.52. The Kier molecular flexibility index (Phi) is 10.5. The Bertz CT molecular complexity index is 576. The van der Waals surface area contributed by atoms with Crippen molar-refractivity contribution in [2.75, 3.05) is 13.2 Å². The summed E-state index contributed by atoms with van der Waals surface area (Å²) in [6.07, 6.45) is -2.52. The molecule has 0 saturated heterocycles. The monoisotopic (exact) mass is 479 g/mol. The highest BCUT2D eigenvalue weighted by atomic mass is 28.4. The van der Waals surface area contributed by atoms with Gasteiger partial charge in [0.25, 0.3) is 0 Å². The summed E-state index contributed by atoms with van der Waals surface area (Å²) >= 11 is 0. The van der Waals surface area contributed by atoms with Crippen LogP contribution in [0.25, 0.3) is 0 Å². The van der Waals surface area contributed by atoms with Gasteiger partial charge < -0.3 is 29.1 Å². The molecule has 0 aliphatic carbocycles. The largest absolute Gasteiger partial charge is 0.444 e. The third-order valence-electron chi connectivity index (χ3n) is 6.35. The van der Waals surface area contributed by atoms with Crippen molar-refractivity contribution in [1.82, 2.24) is 5.32 Å². The Balaban J connectivity index is 5.97. The minimum Gasteiger partial charge on any atom is -0.444 e. The third-order valence-corrected chi connectivity index (χ3v) is 15.4. The first kappa shape index (κ1) is 30.5. The van der Waals surface area contributed by atoms with Gasteiger partial charge in [-0.3, -0.25) is 0 Å². The predicted octanol–water partition coefficient (Wildman–Crippen LogP) is 4.65. The van der Waals surface area contributed by atoms with Crippen molar-refractivity contribution in [3.63, 3.8) is 0 Å². The molecular formula is C22H49NO6Si2. The van der Waals surface area contributed by atoms with E-state index >= 15 is 0 Å². The van der Waals surface area contributed by atoms with Crippen LogP contribution in [0.3, 0.4) is 0 Å². The van der Waals surface area contributed by atoms with Crippen LogP contribution < -0.4 is 5.32 Å². The van der Waals surface area contributed by atoms with Crippen molar-refractivity contribution < 1.29 is 28.6 Å². The molecule has 0 rings (SSSR count). The molecule has 0 aromatic rings. The first-order valence-electron chi connectivity index (χ1n) is 11.1. The van der Waals surface area contributed by atoms with Crippen LogP contribution in [0.15, 0.2) is 0 Å². The maximum absolute atomic E-state index is 12.5. The van der Waals surface area contributed by atoms with Crippen LogP contribution in [-0.4, -0.2) is 70.0 Å². The minimum atomic E-state index is -2.28. The molecular weight excluding hydrogens is 430 g/mol. The number of amides is 1. The molecule has 0 spiro atoms. The zero-order valence-electron chi connectivity index (χ0n) is 22.2. The van der Waals surface area contributed by atoms with E-state index in [1.165, 1.54) is 0 Å². The Morgan fingerprint density at radius 1 is 0.903 bits per heavy atom. The standard InChI is InChI=1S/C22H49NO6Si2/c1-20(2,3)28-19(26)23-18(16(25)14-24)17(29-31(12,13)22(7,8)9)15-27-30(10,11)21(4,5)6/h16-18,24-25H,14-15H2,1-13H3,(H,23,26)/t16?,17-,18+/m1/s1. The lowest BCUT2D eigenvalue weighted by Crippen LogP contribution is -2.59. The SMILES string of the molecule is CC(C)(C)OC(=O)N[C@@H](C(O)CO)[C@@H](CO[Si](C)(C)C(C)(C)C)O[Si](C)(C)C(C)(C)C. The van der Waals surface area contributed by atoms with Crippen molar-refractivity contribution in [3.05, 3.63) is 0 Å². The van der Waals surface area contributed by atoms with E-state index in [1.54, 1.807) is 20.8 Å². The van der Waals surface area contributed by atoms with Gasteiger partial charge in [0.15, 0.2) is 16.6 Å². The number of aliphatic hydroxyl groups excluding tert-OH is 2. The van der Waals surface area contributed by atoms with Crippen LogP contribution >= 0.6 is 0 Å². The Labute approximate surface area is 192 Å². The smallest absolute Gasteiger partial charge is 0.408 e. The molecule has 0 fully saturated rings.